The van der Waals surface area contributed by atoms with Gasteiger partial charge >= 0.3 is 5.97 Å². The first-order valence-corrected chi connectivity index (χ1v) is 12.0. The third kappa shape index (κ3) is 6.40. The van der Waals surface area contributed by atoms with Gasteiger partial charge in [-0.2, -0.15) is 0 Å². The summed E-state index contributed by atoms with van der Waals surface area (Å²) in [6.45, 7) is 1.10. The van der Waals surface area contributed by atoms with Crippen LogP contribution in [-0.4, -0.2) is 52.8 Å². The third-order valence-corrected chi connectivity index (χ3v) is 6.77. The Balaban J connectivity index is 1.41. The first-order chi connectivity index (χ1) is 17.7. The molecule has 6 nitrogen and oxygen atoms in total. The number of nitrogens with zero attached hydrogens (tertiary/aromatic N) is 2. The van der Waals surface area contributed by atoms with Crippen LogP contribution in [0.2, 0.25) is 0 Å². The van der Waals surface area contributed by atoms with Crippen molar-refractivity contribution in [3.63, 3.8) is 0 Å². The number of aliphatic hydroxyl groups excluding tert-OH is 1. The lowest BCUT2D eigenvalue weighted by molar-refractivity contribution is -0.146. The average Bonchev–Trinajstić information content (AvgIpc) is 2.86. The van der Waals surface area contributed by atoms with Crippen molar-refractivity contribution in [1.29, 1.82) is 0 Å². The molecule has 0 saturated carbocycles. The maximum Gasteiger partial charge on any atom is 0.308 e. The monoisotopic (exact) mass is 512 g/mol. The van der Waals surface area contributed by atoms with E-state index >= 15 is 0 Å². The van der Waals surface area contributed by atoms with Crippen LogP contribution < -0.4 is 4.74 Å². The van der Waals surface area contributed by atoms with E-state index in [0.29, 0.717) is 36.0 Å². The second-order valence-corrected chi connectivity index (χ2v) is 9.18. The highest BCUT2D eigenvalue weighted by Crippen LogP contribution is 2.34. The molecule has 2 heterocycles. The number of carboxylic acid groups (broad SMARTS) is 1. The van der Waals surface area contributed by atoms with E-state index < -0.39 is 35.4 Å². The number of aliphatic hydroxyl groups is 1. The fourth-order valence-electron chi connectivity index (χ4n) is 4.87. The van der Waals surface area contributed by atoms with Crippen molar-refractivity contribution in [1.82, 2.24) is 9.88 Å². The largest absolute Gasteiger partial charge is 0.497 e. The maximum atomic E-state index is 14.7. The molecule has 0 amide bonds. The van der Waals surface area contributed by atoms with E-state index in [2.05, 4.69) is 16.8 Å². The number of piperidine rings is 1. The number of halogens is 3. The van der Waals surface area contributed by atoms with Crippen LogP contribution >= 0.6 is 0 Å². The van der Waals surface area contributed by atoms with E-state index in [0.717, 1.165) is 24.4 Å². The van der Waals surface area contributed by atoms with Crippen molar-refractivity contribution in [2.24, 2.45) is 11.8 Å². The van der Waals surface area contributed by atoms with Crippen LogP contribution in [0.1, 0.15) is 36.5 Å². The molecule has 9 heteroatoms. The fraction of sp³-hybridized carbons (Fsp3) is 0.357. The van der Waals surface area contributed by atoms with Gasteiger partial charge in [0, 0.05) is 29.1 Å². The van der Waals surface area contributed by atoms with Gasteiger partial charge in [-0.15, -0.1) is 0 Å². The van der Waals surface area contributed by atoms with Gasteiger partial charge in [0.2, 0.25) is 0 Å². The van der Waals surface area contributed by atoms with Crippen molar-refractivity contribution >= 4 is 16.9 Å². The van der Waals surface area contributed by atoms with E-state index in [9.17, 15) is 28.2 Å². The molecule has 2 N–H and O–H groups in total. The van der Waals surface area contributed by atoms with Gasteiger partial charge in [-0.1, -0.05) is 11.8 Å². The van der Waals surface area contributed by atoms with Gasteiger partial charge in [-0.25, -0.2) is 13.2 Å². The maximum absolute atomic E-state index is 14.7. The zero-order chi connectivity index (χ0) is 26.5. The molecule has 0 spiro atoms. The lowest BCUT2D eigenvalue weighted by Gasteiger charge is -2.36. The number of ether oxygens (including phenoxy) is 1. The van der Waals surface area contributed by atoms with E-state index in [4.69, 9.17) is 4.74 Å². The summed E-state index contributed by atoms with van der Waals surface area (Å²) in [5, 5.41) is 21.2. The molecule has 0 aliphatic carbocycles. The Morgan fingerprint density at radius 2 is 1.97 bits per heavy atom. The van der Waals surface area contributed by atoms with Crippen LogP contribution in [0.5, 0.6) is 5.75 Å². The molecule has 1 aromatic heterocycles. The lowest BCUT2D eigenvalue weighted by Crippen LogP contribution is -2.44. The van der Waals surface area contributed by atoms with Gasteiger partial charge in [-0.05, 0) is 62.1 Å². The summed E-state index contributed by atoms with van der Waals surface area (Å²) in [5.41, 5.74) is 0.858. The standard InChI is InChI=1S/C28H27F3N2O4/c1-37-21-5-6-25-22(14-21)27(24(31)15-32-25)26(34)7-4-18-8-10-33(16-23(18)28(35)36)9-2-3-17-11-19(29)13-20(30)12-17/h5-6,11-15,18,23,26,34H,4,7-10,16H2,1H3,(H,35,36)/t18-,23+,26-/m0/s1. The topological polar surface area (TPSA) is 82.9 Å². The molecule has 0 bridgehead atoms. The Kier molecular flexibility index (Phi) is 8.31. The van der Waals surface area contributed by atoms with E-state index in [1.165, 1.54) is 7.11 Å². The van der Waals surface area contributed by atoms with E-state index in [1.54, 1.807) is 18.2 Å². The number of likely N-dealkylation sites (tertiary alicyclic amines) is 1. The number of benzene rings is 2. The minimum atomic E-state index is -1.14. The number of aromatic nitrogens is 1. The number of fused-ring (bicyclic) bond motifs is 1. The van der Waals surface area contributed by atoms with Gasteiger partial charge in [-0.3, -0.25) is 14.7 Å². The number of carbonyl (C=O) groups is 1. The summed E-state index contributed by atoms with van der Waals surface area (Å²) in [4.78, 5) is 18.0. The Labute approximate surface area is 212 Å². The summed E-state index contributed by atoms with van der Waals surface area (Å²) in [6, 6.07) is 8.06. The zero-order valence-corrected chi connectivity index (χ0v) is 20.3. The molecule has 0 unspecified atom stereocenters. The third-order valence-electron chi connectivity index (χ3n) is 6.77. The number of pyridine rings is 1. The van der Waals surface area contributed by atoms with Crippen molar-refractivity contribution in [3.8, 4) is 17.6 Å². The van der Waals surface area contributed by atoms with Crippen LogP contribution in [0.25, 0.3) is 10.9 Å². The Morgan fingerprint density at radius 1 is 1.22 bits per heavy atom. The zero-order valence-electron chi connectivity index (χ0n) is 20.3. The smallest absolute Gasteiger partial charge is 0.308 e. The molecule has 37 heavy (non-hydrogen) atoms. The molecule has 1 fully saturated rings. The van der Waals surface area contributed by atoms with Crippen molar-refractivity contribution in [2.75, 3.05) is 26.7 Å². The summed E-state index contributed by atoms with van der Waals surface area (Å²) < 4.78 is 46.6. The number of rotatable bonds is 7. The Bertz CT molecular complexity index is 1330. The predicted molar refractivity (Wildman–Crippen MR) is 131 cm³/mol. The van der Waals surface area contributed by atoms with Crippen molar-refractivity contribution < 1.29 is 32.9 Å². The minimum Gasteiger partial charge on any atom is -0.497 e. The highest BCUT2D eigenvalue weighted by molar-refractivity contribution is 5.84. The first-order valence-electron chi connectivity index (χ1n) is 12.0. The SMILES string of the molecule is COc1ccc2ncc(F)c([C@@H](O)CC[C@H]3CCN(CC#Cc4cc(F)cc(F)c4)C[C@H]3C(=O)O)c2c1. The Morgan fingerprint density at radius 3 is 2.68 bits per heavy atom. The highest BCUT2D eigenvalue weighted by Gasteiger charge is 2.34. The second-order valence-electron chi connectivity index (χ2n) is 9.18. The van der Waals surface area contributed by atoms with E-state index in [1.807, 2.05) is 4.90 Å². The van der Waals surface area contributed by atoms with Gasteiger partial charge in [0.25, 0.3) is 0 Å². The summed E-state index contributed by atoms with van der Waals surface area (Å²) in [7, 11) is 1.50. The molecule has 4 rings (SSSR count). The molecular weight excluding hydrogens is 485 g/mol. The van der Waals surface area contributed by atoms with Gasteiger partial charge in [0.1, 0.15) is 23.2 Å². The van der Waals surface area contributed by atoms with Crippen LogP contribution in [0.15, 0.2) is 42.6 Å². The molecular formula is C28H27F3N2O4. The summed E-state index contributed by atoms with van der Waals surface area (Å²) in [6.07, 6.45) is 1.08. The normalized spacial score (nSPS) is 18.7. The molecule has 0 radical (unpaired) electrons. The van der Waals surface area contributed by atoms with Crippen LogP contribution in [0, 0.1) is 41.1 Å². The Hall–Kier alpha value is -3.61. The molecule has 3 atom stereocenters. The number of hydrogen-bond donors (Lipinski definition) is 2. The summed E-state index contributed by atoms with van der Waals surface area (Å²) >= 11 is 0. The highest BCUT2D eigenvalue weighted by atomic mass is 19.1. The summed E-state index contributed by atoms with van der Waals surface area (Å²) in [5.74, 6) is 2.18. The van der Waals surface area contributed by atoms with E-state index in [-0.39, 0.29) is 36.6 Å². The number of aliphatic carboxylic acids is 1. The van der Waals surface area contributed by atoms with Crippen molar-refractivity contribution in [2.45, 2.75) is 25.4 Å². The second kappa shape index (κ2) is 11.6. The first kappa shape index (κ1) is 26.5. The number of methoxy groups -OCH3 is 1. The van der Waals surface area contributed by atoms with Crippen LogP contribution in [0.3, 0.4) is 0 Å². The fourth-order valence-corrected chi connectivity index (χ4v) is 4.87. The molecule has 2 aromatic carbocycles. The number of carboxylic acids is 1. The molecule has 1 aliphatic rings. The van der Waals surface area contributed by atoms with Crippen molar-refractivity contribution in [3.05, 3.63) is 71.2 Å². The lowest BCUT2D eigenvalue weighted by atomic mass is 9.81. The molecule has 1 saturated heterocycles. The number of hydrogen-bond acceptors (Lipinski definition) is 5. The van der Waals surface area contributed by atoms with Crippen LogP contribution in [0.4, 0.5) is 13.2 Å². The average molecular weight is 513 g/mol. The van der Waals surface area contributed by atoms with Gasteiger partial charge in [0.05, 0.1) is 37.4 Å². The minimum absolute atomic E-state index is 0.122. The van der Waals surface area contributed by atoms with Crippen LogP contribution in [-0.2, 0) is 4.79 Å². The quantitative estimate of drug-likeness (QED) is 0.452. The molecule has 1 aliphatic heterocycles. The van der Waals surface area contributed by atoms with Gasteiger partial charge < -0.3 is 14.9 Å². The molecule has 194 valence electrons. The molecule has 3 aromatic rings. The predicted octanol–water partition coefficient (Wildman–Crippen LogP) is 4.55. The van der Waals surface area contributed by atoms with Gasteiger partial charge in [0.15, 0.2) is 0 Å².